The molecule has 0 unspecified atom stereocenters. The smallest absolute Gasteiger partial charge is 0.488 e. The molecule has 0 spiro atoms. The zero-order chi connectivity index (χ0) is 38.1. The third-order valence-electron chi connectivity index (χ3n) is 11.7. The van der Waals surface area contributed by atoms with Crippen molar-refractivity contribution in [2.24, 2.45) is 23.7 Å². The molecule has 4 aromatic rings. The SMILES string of the molecule is COc1cc(O)c([C@H]2C3=CC[C@@H]4C(=O)N(c5cccc(B(O)O)c5)C(=O)[C@@H]4[C@@H]3C[C@H]3C(=O)N(Nc4ccc(C)cc4)C(=O)[C@@]23c2ccccc2)c(OC)c1. The number of amides is 4. The van der Waals surface area contributed by atoms with Crippen molar-refractivity contribution in [2.45, 2.75) is 31.1 Å². The minimum Gasteiger partial charge on any atom is -0.507 e. The summed E-state index contributed by atoms with van der Waals surface area (Å²) >= 11 is 0. The van der Waals surface area contributed by atoms with E-state index in [9.17, 15) is 29.5 Å². The van der Waals surface area contributed by atoms with E-state index in [-0.39, 0.29) is 41.1 Å². The van der Waals surface area contributed by atoms with Crippen LogP contribution >= 0.6 is 0 Å². The Morgan fingerprint density at radius 2 is 1.57 bits per heavy atom. The first-order chi connectivity index (χ1) is 26.0. The van der Waals surface area contributed by atoms with Gasteiger partial charge in [0.1, 0.15) is 17.2 Å². The minimum absolute atomic E-state index is 0.0521. The molecule has 4 amide bonds. The molecular weight excluding hydrogens is 689 g/mol. The highest BCUT2D eigenvalue weighted by Gasteiger charge is 2.71. The number of fused-ring (bicyclic) bond motifs is 4. The fraction of sp³-hybridized carbons (Fsp3) is 0.268. The molecule has 4 aromatic carbocycles. The van der Waals surface area contributed by atoms with Crippen LogP contribution in [0.3, 0.4) is 0 Å². The molecular formula is C41H38BN3O9. The van der Waals surface area contributed by atoms with Crippen molar-refractivity contribution in [3.05, 3.63) is 119 Å². The van der Waals surface area contributed by atoms with Crippen LogP contribution in [0.1, 0.15) is 35.4 Å². The lowest BCUT2D eigenvalue weighted by molar-refractivity contribution is -0.138. The van der Waals surface area contributed by atoms with Crippen molar-refractivity contribution >= 4 is 47.6 Å². The van der Waals surface area contributed by atoms with Crippen molar-refractivity contribution in [2.75, 3.05) is 24.5 Å². The van der Waals surface area contributed by atoms with Gasteiger partial charge in [0, 0.05) is 23.6 Å². The number of phenols is 1. The Hall–Kier alpha value is -5.92. The molecule has 0 radical (unpaired) electrons. The third-order valence-corrected chi connectivity index (χ3v) is 11.7. The molecule has 54 heavy (non-hydrogen) atoms. The predicted octanol–water partition coefficient (Wildman–Crippen LogP) is 3.59. The Labute approximate surface area is 311 Å². The summed E-state index contributed by atoms with van der Waals surface area (Å²) in [6, 6.07) is 25.3. The van der Waals surface area contributed by atoms with E-state index >= 15 is 4.79 Å². The molecule has 12 nitrogen and oxygen atoms in total. The molecule has 13 heteroatoms. The summed E-state index contributed by atoms with van der Waals surface area (Å²) in [7, 11) is 1.08. The van der Waals surface area contributed by atoms with E-state index in [2.05, 4.69) is 5.43 Å². The molecule has 4 aliphatic rings. The molecule has 0 aromatic heterocycles. The lowest BCUT2D eigenvalue weighted by Gasteiger charge is -2.50. The Kier molecular flexibility index (Phi) is 8.58. The second-order valence-electron chi connectivity index (χ2n) is 14.3. The van der Waals surface area contributed by atoms with E-state index in [4.69, 9.17) is 9.47 Å². The normalized spacial score (nSPS) is 25.9. The topological polar surface area (TPSA) is 166 Å². The number of hydrazine groups is 1. The lowest BCUT2D eigenvalue weighted by Crippen LogP contribution is -2.53. The number of carbonyl (C=O) groups excluding carboxylic acids is 4. The zero-order valence-corrected chi connectivity index (χ0v) is 29.8. The average molecular weight is 728 g/mol. The van der Waals surface area contributed by atoms with Crippen molar-refractivity contribution in [3.8, 4) is 17.2 Å². The van der Waals surface area contributed by atoms with Gasteiger partial charge < -0.3 is 24.6 Å². The molecule has 274 valence electrons. The number of anilines is 2. The van der Waals surface area contributed by atoms with E-state index in [1.807, 2.05) is 31.2 Å². The molecule has 2 heterocycles. The highest BCUT2D eigenvalue weighted by Crippen LogP contribution is 2.66. The summed E-state index contributed by atoms with van der Waals surface area (Å²) < 4.78 is 11.4. The number of hydrogen-bond acceptors (Lipinski definition) is 10. The molecule has 2 saturated heterocycles. The number of nitrogens with zero attached hydrogens (tertiary/aromatic N) is 2. The highest BCUT2D eigenvalue weighted by molar-refractivity contribution is 6.58. The van der Waals surface area contributed by atoms with Gasteiger partial charge >= 0.3 is 7.12 Å². The van der Waals surface area contributed by atoms with Gasteiger partial charge in [0.25, 0.3) is 11.8 Å². The van der Waals surface area contributed by atoms with Crippen LogP contribution in [0.2, 0.25) is 0 Å². The summed E-state index contributed by atoms with van der Waals surface area (Å²) in [5, 5.41) is 32.6. The molecule has 4 N–H and O–H groups in total. The zero-order valence-electron chi connectivity index (χ0n) is 29.8. The first-order valence-corrected chi connectivity index (χ1v) is 17.8. The number of hydrogen-bond donors (Lipinski definition) is 4. The second kappa shape index (κ2) is 13.2. The van der Waals surface area contributed by atoms with Gasteiger partial charge in [-0.25, -0.2) is 0 Å². The Morgan fingerprint density at radius 1 is 0.833 bits per heavy atom. The van der Waals surface area contributed by atoms with Gasteiger partial charge in [-0.1, -0.05) is 71.8 Å². The molecule has 3 fully saturated rings. The minimum atomic E-state index is -1.81. The van der Waals surface area contributed by atoms with Crippen LogP contribution in [0.15, 0.2) is 103 Å². The summed E-state index contributed by atoms with van der Waals surface area (Å²) in [4.78, 5) is 60.1. The largest absolute Gasteiger partial charge is 0.507 e. The Balaban J connectivity index is 1.34. The van der Waals surface area contributed by atoms with Crippen LogP contribution in [0, 0.1) is 30.6 Å². The highest BCUT2D eigenvalue weighted by atomic mass is 16.5. The van der Waals surface area contributed by atoms with Gasteiger partial charge in [0.2, 0.25) is 11.8 Å². The first-order valence-electron chi connectivity index (χ1n) is 17.8. The lowest BCUT2D eigenvalue weighted by atomic mass is 9.49. The summed E-state index contributed by atoms with van der Waals surface area (Å²) in [5.74, 6) is -6.16. The van der Waals surface area contributed by atoms with Crippen molar-refractivity contribution in [3.63, 3.8) is 0 Å². The monoisotopic (exact) mass is 727 g/mol. The van der Waals surface area contributed by atoms with Gasteiger partial charge in [0.05, 0.1) is 48.8 Å². The second-order valence-corrected chi connectivity index (χ2v) is 14.3. The number of aromatic hydroxyl groups is 1. The van der Waals surface area contributed by atoms with Crippen molar-refractivity contribution in [1.82, 2.24) is 5.01 Å². The molecule has 2 aliphatic heterocycles. The maximum Gasteiger partial charge on any atom is 0.488 e. The molecule has 0 bridgehead atoms. The average Bonchev–Trinajstić information content (AvgIpc) is 3.56. The third kappa shape index (κ3) is 5.13. The van der Waals surface area contributed by atoms with Crippen molar-refractivity contribution < 1.29 is 43.8 Å². The van der Waals surface area contributed by atoms with Gasteiger partial charge in [-0.05, 0) is 61.0 Å². The fourth-order valence-electron chi connectivity index (χ4n) is 9.30. The fourth-order valence-corrected chi connectivity index (χ4v) is 9.30. The predicted molar refractivity (Wildman–Crippen MR) is 199 cm³/mol. The van der Waals surface area contributed by atoms with E-state index < -0.39 is 65.8 Å². The quantitative estimate of drug-likeness (QED) is 0.120. The molecule has 2 aliphatic carbocycles. The van der Waals surface area contributed by atoms with Gasteiger partial charge in [0.15, 0.2) is 0 Å². The van der Waals surface area contributed by atoms with E-state index in [0.29, 0.717) is 22.6 Å². The van der Waals surface area contributed by atoms with Crippen LogP contribution in [-0.2, 0) is 24.6 Å². The van der Waals surface area contributed by atoms with Gasteiger partial charge in [-0.15, -0.1) is 0 Å². The summed E-state index contributed by atoms with van der Waals surface area (Å²) in [6.07, 6.45) is 2.09. The van der Waals surface area contributed by atoms with Crippen LogP contribution in [0.5, 0.6) is 17.2 Å². The maximum absolute atomic E-state index is 15.4. The number of allylic oxidation sites excluding steroid dienone is 2. The number of nitrogens with one attached hydrogen (secondary N) is 1. The van der Waals surface area contributed by atoms with E-state index in [1.165, 1.54) is 32.4 Å². The number of rotatable bonds is 8. The number of carbonyl (C=O) groups is 4. The van der Waals surface area contributed by atoms with Gasteiger partial charge in [-0.2, -0.15) is 5.01 Å². The summed E-state index contributed by atoms with van der Waals surface area (Å²) in [6.45, 7) is 1.93. The molecule has 1 saturated carbocycles. The van der Waals surface area contributed by atoms with Crippen molar-refractivity contribution in [1.29, 1.82) is 0 Å². The van der Waals surface area contributed by atoms with E-state index in [0.717, 1.165) is 15.5 Å². The molecule has 8 rings (SSSR count). The number of benzene rings is 4. The van der Waals surface area contributed by atoms with Gasteiger partial charge in [-0.3, -0.25) is 29.5 Å². The number of imide groups is 2. The molecule has 6 atom stereocenters. The summed E-state index contributed by atoms with van der Waals surface area (Å²) in [5.41, 5.74) is 4.70. The van der Waals surface area contributed by atoms with Crippen LogP contribution in [0.4, 0.5) is 11.4 Å². The number of aryl methyl sites for hydroxylation is 1. The first kappa shape index (κ1) is 35.1. The number of methoxy groups -OCH3 is 2. The van der Waals surface area contributed by atoms with Crippen LogP contribution in [-0.4, -0.2) is 65.1 Å². The Bertz CT molecular complexity index is 2230. The van der Waals surface area contributed by atoms with Crippen LogP contribution in [0.25, 0.3) is 0 Å². The van der Waals surface area contributed by atoms with E-state index in [1.54, 1.807) is 54.6 Å². The number of phenolic OH excluding ortho intramolecular Hbond substituents is 1. The maximum atomic E-state index is 15.4. The Morgan fingerprint density at radius 3 is 2.26 bits per heavy atom. The number of ether oxygens (including phenoxy) is 2. The standard InChI is InChI=1S/C41H38BN3O9/c1-22-12-14-25(15-13-22)43-45-38(48)31-21-30-28(16-17-29-34(30)39(49)44(37(29)47)26-11-7-10-24(18-26)42(51)52)36(35-32(46)19-27(53-2)20-33(35)54-3)41(31,40(45)50)23-8-5-4-6-9-23/h4-16,18-20,29-31,34,36,43,46,51-52H,17,21H2,1-3H3/t29-,30+,31-,34-,36+,41+/m0/s1. The van der Waals surface area contributed by atoms with Crippen LogP contribution < -0.4 is 25.3 Å².